The molecular weight excluding hydrogens is 316 g/mol. The molecule has 0 radical (unpaired) electrons. The molecule has 2 bridgehead atoms. The predicted octanol–water partition coefficient (Wildman–Crippen LogP) is 5.31. The van der Waals surface area contributed by atoms with Crippen LogP contribution in [0.2, 0.25) is 0 Å². The van der Waals surface area contributed by atoms with Crippen molar-refractivity contribution in [3.8, 4) is 0 Å². The van der Waals surface area contributed by atoms with E-state index in [0.29, 0.717) is 17.8 Å². The largest absolute Gasteiger partial charge is 0.376 e. The Morgan fingerprint density at radius 3 is 2.04 bits per heavy atom. The van der Waals surface area contributed by atoms with Gasteiger partial charge in [-0.2, -0.15) is 0 Å². The van der Waals surface area contributed by atoms with Crippen LogP contribution in [0.15, 0.2) is 72.3 Å². The minimum atomic E-state index is -1.03. The van der Waals surface area contributed by atoms with Crippen LogP contribution >= 0.6 is 0 Å². The summed E-state index contributed by atoms with van der Waals surface area (Å²) >= 11 is 0. The zero-order chi connectivity index (χ0) is 17.9. The molecule has 0 aliphatic heterocycles. The lowest BCUT2D eigenvalue weighted by molar-refractivity contribution is 0.104. The van der Waals surface area contributed by atoms with E-state index in [1.54, 1.807) is 0 Å². The predicted molar refractivity (Wildman–Crippen MR) is 106 cm³/mol. The normalized spacial score (nSPS) is 29.1. The summed E-state index contributed by atoms with van der Waals surface area (Å²) in [5.74, 6) is 2.47. The van der Waals surface area contributed by atoms with Crippen LogP contribution in [0.1, 0.15) is 35.1 Å². The fraction of sp³-hybridized carbons (Fsp3) is 0.360. The first-order valence-corrected chi connectivity index (χ1v) is 9.83. The number of rotatable bonds is 3. The maximum atomic E-state index is 12.2. The maximum Gasteiger partial charge on any atom is 0.136 e. The number of fused-ring (bicyclic) bond motifs is 5. The molecule has 1 heteroatoms. The van der Waals surface area contributed by atoms with Gasteiger partial charge in [-0.05, 0) is 67.1 Å². The van der Waals surface area contributed by atoms with Crippen molar-refractivity contribution in [1.29, 1.82) is 0 Å². The Labute approximate surface area is 156 Å². The summed E-state index contributed by atoms with van der Waals surface area (Å²) in [6.07, 6.45) is 9.59. The van der Waals surface area contributed by atoms with E-state index < -0.39 is 5.60 Å². The van der Waals surface area contributed by atoms with Crippen LogP contribution in [0, 0.1) is 37.5 Å². The van der Waals surface area contributed by atoms with Gasteiger partial charge in [-0.3, -0.25) is 0 Å². The van der Waals surface area contributed by atoms with E-state index in [-0.39, 0.29) is 0 Å². The molecule has 1 nitrogen and oxygen atoms in total. The number of allylic oxidation sites excluding steroid dienone is 3. The smallest absolute Gasteiger partial charge is 0.136 e. The topological polar surface area (TPSA) is 20.2 Å². The highest BCUT2D eigenvalue weighted by Gasteiger charge is 2.53. The van der Waals surface area contributed by atoms with Crippen LogP contribution in [-0.2, 0) is 5.60 Å². The second-order valence-corrected chi connectivity index (χ2v) is 8.48. The first-order chi connectivity index (χ1) is 12.6. The Morgan fingerprint density at radius 1 is 0.885 bits per heavy atom. The van der Waals surface area contributed by atoms with Crippen molar-refractivity contribution >= 4 is 0 Å². The average Bonchev–Trinajstić information content (AvgIpc) is 3.35. The Balaban J connectivity index is 1.67. The van der Waals surface area contributed by atoms with E-state index in [0.717, 1.165) is 17.0 Å². The third-order valence-electron chi connectivity index (χ3n) is 6.95. The average molecular weight is 342 g/mol. The van der Waals surface area contributed by atoms with Crippen LogP contribution in [0.3, 0.4) is 0 Å². The van der Waals surface area contributed by atoms with Gasteiger partial charge < -0.3 is 5.11 Å². The van der Waals surface area contributed by atoms with Gasteiger partial charge in [-0.15, -0.1) is 0 Å². The highest BCUT2D eigenvalue weighted by molar-refractivity contribution is 5.50. The molecule has 1 N–H and O–H groups in total. The molecule has 0 amide bonds. The van der Waals surface area contributed by atoms with Crippen molar-refractivity contribution in [3.63, 3.8) is 0 Å². The van der Waals surface area contributed by atoms with E-state index in [4.69, 9.17) is 0 Å². The Kier molecular flexibility index (Phi) is 3.52. The molecule has 3 aliphatic carbocycles. The number of hydrogen-bond acceptors (Lipinski definition) is 1. The van der Waals surface area contributed by atoms with Gasteiger partial charge in [0.2, 0.25) is 0 Å². The summed E-state index contributed by atoms with van der Waals surface area (Å²) in [5, 5.41) is 12.2. The van der Waals surface area contributed by atoms with Crippen LogP contribution in [-0.4, -0.2) is 5.11 Å². The summed E-state index contributed by atoms with van der Waals surface area (Å²) in [4.78, 5) is 0. The quantitative estimate of drug-likeness (QED) is 0.750. The van der Waals surface area contributed by atoms with Crippen molar-refractivity contribution in [1.82, 2.24) is 0 Å². The second kappa shape index (κ2) is 5.69. The standard InChI is InChI=1S/C25H26O/c1-16-6-10-19(11-7-16)25(26,20-12-8-17(2)9-13-20)24-15-18-14-23(24)22-5-3-4-21(18)22/h3,5-13,15,18,21-23,26H,4,14H2,1-2H3. The van der Waals surface area contributed by atoms with Gasteiger partial charge in [0.05, 0.1) is 0 Å². The highest BCUT2D eigenvalue weighted by atomic mass is 16.3. The summed E-state index contributed by atoms with van der Waals surface area (Å²) in [6, 6.07) is 16.9. The molecule has 4 unspecified atom stereocenters. The van der Waals surface area contributed by atoms with Crippen LogP contribution in [0.4, 0.5) is 0 Å². The molecule has 3 aliphatic rings. The maximum absolute atomic E-state index is 12.2. The van der Waals surface area contributed by atoms with Crippen molar-refractivity contribution in [2.24, 2.45) is 23.7 Å². The zero-order valence-electron chi connectivity index (χ0n) is 15.5. The minimum absolute atomic E-state index is 0.469. The van der Waals surface area contributed by atoms with Crippen LogP contribution in [0.5, 0.6) is 0 Å². The lowest BCUT2D eigenvalue weighted by atomic mass is 9.70. The zero-order valence-corrected chi connectivity index (χ0v) is 15.5. The van der Waals surface area contributed by atoms with Crippen molar-refractivity contribution in [3.05, 3.63) is 94.6 Å². The minimum Gasteiger partial charge on any atom is -0.376 e. The lowest BCUT2D eigenvalue weighted by Crippen LogP contribution is -2.35. The van der Waals surface area contributed by atoms with Crippen LogP contribution in [0.25, 0.3) is 0 Å². The Bertz CT molecular complexity index is 839. The fourth-order valence-corrected chi connectivity index (χ4v) is 5.57. The number of aliphatic hydroxyl groups is 1. The summed E-state index contributed by atoms with van der Waals surface area (Å²) in [5.41, 5.74) is 4.63. The van der Waals surface area contributed by atoms with Gasteiger partial charge in [0.15, 0.2) is 0 Å². The lowest BCUT2D eigenvalue weighted by Gasteiger charge is -2.37. The molecule has 0 heterocycles. The first kappa shape index (κ1) is 16.1. The highest BCUT2D eigenvalue weighted by Crippen LogP contribution is 2.60. The molecular formula is C25H26O. The third-order valence-corrected chi connectivity index (χ3v) is 6.95. The van der Waals surface area contributed by atoms with Crippen molar-refractivity contribution in [2.45, 2.75) is 32.3 Å². The number of benzene rings is 2. The SMILES string of the molecule is Cc1ccc(C(O)(C2=CC3CC2C2C=CCC32)c2ccc(C)cc2)cc1. The third kappa shape index (κ3) is 2.20. The molecule has 2 aromatic rings. The molecule has 0 aromatic heterocycles. The fourth-order valence-electron chi connectivity index (χ4n) is 5.57. The Morgan fingerprint density at radius 2 is 1.46 bits per heavy atom. The molecule has 0 saturated heterocycles. The second-order valence-electron chi connectivity index (χ2n) is 8.48. The van der Waals surface area contributed by atoms with E-state index in [1.807, 2.05) is 0 Å². The van der Waals surface area contributed by atoms with Gasteiger partial charge in [0.1, 0.15) is 5.60 Å². The molecule has 132 valence electrons. The van der Waals surface area contributed by atoms with Crippen molar-refractivity contribution < 1.29 is 5.11 Å². The van der Waals surface area contributed by atoms with Gasteiger partial charge in [0, 0.05) is 0 Å². The monoisotopic (exact) mass is 342 g/mol. The van der Waals surface area contributed by atoms with Gasteiger partial charge in [-0.25, -0.2) is 0 Å². The number of aryl methyl sites for hydroxylation is 2. The molecule has 2 aromatic carbocycles. The van der Waals surface area contributed by atoms with E-state index in [9.17, 15) is 5.11 Å². The molecule has 1 saturated carbocycles. The number of hydrogen-bond donors (Lipinski definition) is 1. The van der Waals surface area contributed by atoms with E-state index in [1.165, 1.54) is 29.5 Å². The summed E-state index contributed by atoms with van der Waals surface area (Å²) < 4.78 is 0. The molecule has 1 fully saturated rings. The first-order valence-electron chi connectivity index (χ1n) is 9.83. The summed E-state index contributed by atoms with van der Waals surface area (Å²) in [7, 11) is 0. The van der Waals surface area contributed by atoms with Gasteiger partial charge >= 0.3 is 0 Å². The van der Waals surface area contributed by atoms with E-state index in [2.05, 4.69) is 80.6 Å². The summed E-state index contributed by atoms with van der Waals surface area (Å²) in [6.45, 7) is 4.19. The molecule has 5 rings (SSSR count). The molecule has 0 spiro atoms. The molecule has 4 atom stereocenters. The Hall–Kier alpha value is -2.12. The van der Waals surface area contributed by atoms with Gasteiger partial charge in [0.25, 0.3) is 0 Å². The van der Waals surface area contributed by atoms with Crippen LogP contribution < -0.4 is 0 Å². The van der Waals surface area contributed by atoms with E-state index >= 15 is 0 Å². The van der Waals surface area contributed by atoms with Crippen molar-refractivity contribution in [2.75, 3.05) is 0 Å². The van der Waals surface area contributed by atoms with Gasteiger partial charge in [-0.1, -0.05) is 77.9 Å². The molecule has 26 heavy (non-hydrogen) atoms.